The van der Waals surface area contributed by atoms with Gasteiger partial charge in [0, 0.05) is 26.2 Å². The Hall–Kier alpha value is -1.69. The summed E-state index contributed by atoms with van der Waals surface area (Å²) >= 11 is 0. The van der Waals surface area contributed by atoms with E-state index < -0.39 is 16.4 Å². The van der Waals surface area contributed by atoms with Gasteiger partial charge in [0.15, 0.2) is 0 Å². The highest BCUT2D eigenvalue weighted by molar-refractivity contribution is 5.64. The van der Waals surface area contributed by atoms with Gasteiger partial charge in [0.2, 0.25) is 5.82 Å². The van der Waals surface area contributed by atoms with Crippen molar-refractivity contribution in [2.24, 2.45) is 0 Å². The summed E-state index contributed by atoms with van der Waals surface area (Å²) in [5.74, 6) is -0.772. The van der Waals surface area contributed by atoms with Gasteiger partial charge in [-0.05, 0) is 19.2 Å². The van der Waals surface area contributed by atoms with Crippen molar-refractivity contribution < 1.29 is 9.31 Å². The average Bonchev–Trinajstić information content (AvgIpc) is 2.29. The maximum atomic E-state index is 13.5. The topological polar surface area (TPSA) is 49.6 Å². The number of halogens is 1. The van der Waals surface area contributed by atoms with Gasteiger partial charge in [-0.1, -0.05) is 6.07 Å². The van der Waals surface area contributed by atoms with Crippen LogP contribution >= 0.6 is 0 Å². The Balaban J connectivity index is 2.32. The van der Waals surface area contributed by atoms with Gasteiger partial charge in [0.25, 0.3) is 0 Å². The van der Waals surface area contributed by atoms with Crippen LogP contribution < -0.4 is 4.90 Å². The number of likely N-dealkylation sites (N-methyl/N-ethyl adjacent to an activating group) is 1. The van der Waals surface area contributed by atoms with Crippen LogP contribution in [0.3, 0.4) is 0 Å². The molecule has 0 spiro atoms. The molecule has 5 nitrogen and oxygen atoms in total. The summed E-state index contributed by atoms with van der Waals surface area (Å²) in [6.45, 7) is 3.02. The number of nitro benzene ring substituents is 1. The zero-order chi connectivity index (χ0) is 12.4. The average molecular weight is 239 g/mol. The number of para-hydroxylation sites is 1. The molecule has 0 aliphatic carbocycles. The molecule has 1 aromatic rings. The summed E-state index contributed by atoms with van der Waals surface area (Å²) in [5.41, 5.74) is -0.0415. The van der Waals surface area contributed by atoms with Crippen molar-refractivity contribution in [2.45, 2.75) is 0 Å². The third-order valence-electron chi connectivity index (χ3n) is 2.99. The largest absolute Gasteiger partial charge is 0.363 e. The lowest BCUT2D eigenvalue weighted by Crippen LogP contribution is -2.44. The van der Waals surface area contributed by atoms with E-state index in [1.165, 1.54) is 6.07 Å². The van der Waals surface area contributed by atoms with Crippen molar-refractivity contribution >= 4 is 11.4 Å². The molecule has 0 unspecified atom stereocenters. The van der Waals surface area contributed by atoms with E-state index in [1.54, 1.807) is 6.07 Å². The van der Waals surface area contributed by atoms with Crippen LogP contribution in [0.4, 0.5) is 15.8 Å². The molecule has 1 aliphatic heterocycles. The molecule has 0 amide bonds. The molecule has 0 aromatic heterocycles. The first-order valence-electron chi connectivity index (χ1n) is 5.46. The second-order valence-electron chi connectivity index (χ2n) is 4.16. The highest BCUT2D eigenvalue weighted by Gasteiger charge is 2.25. The van der Waals surface area contributed by atoms with Crippen LogP contribution in [-0.4, -0.2) is 43.0 Å². The molecule has 92 valence electrons. The summed E-state index contributed by atoms with van der Waals surface area (Å²) in [5, 5.41) is 10.9. The van der Waals surface area contributed by atoms with Gasteiger partial charge in [-0.25, -0.2) is 0 Å². The normalized spacial score (nSPS) is 17.2. The standard InChI is InChI=1S/C11H14FN3O2/c1-13-5-7-14(8-6-13)10-4-2-3-9(12)11(10)15(16)17/h2-4H,5-8H2,1H3. The van der Waals surface area contributed by atoms with Gasteiger partial charge in [-0.3, -0.25) is 10.1 Å². The number of benzene rings is 1. The SMILES string of the molecule is CN1CCN(c2cccc(F)c2[N+](=O)[O-])CC1. The van der Waals surface area contributed by atoms with Crippen LogP contribution in [-0.2, 0) is 0 Å². The lowest BCUT2D eigenvalue weighted by Gasteiger charge is -2.33. The van der Waals surface area contributed by atoms with E-state index in [9.17, 15) is 14.5 Å². The number of hydrogen-bond acceptors (Lipinski definition) is 4. The Morgan fingerprint density at radius 1 is 1.29 bits per heavy atom. The van der Waals surface area contributed by atoms with E-state index in [0.717, 1.165) is 19.2 Å². The fourth-order valence-electron chi connectivity index (χ4n) is 1.99. The molecule has 1 aliphatic rings. The predicted octanol–water partition coefficient (Wildman–Crippen LogP) is 1.49. The highest BCUT2D eigenvalue weighted by atomic mass is 19.1. The van der Waals surface area contributed by atoms with E-state index in [1.807, 2.05) is 11.9 Å². The highest BCUT2D eigenvalue weighted by Crippen LogP contribution is 2.31. The summed E-state index contributed by atoms with van der Waals surface area (Å²) in [7, 11) is 2.00. The minimum atomic E-state index is -0.772. The predicted molar refractivity (Wildman–Crippen MR) is 62.8 cm³/mol. The number of anilines is 1. The number of nitrogens with zero attached hydrogens (tertiary/aromatic N) is 3. The van der Waals surface area contributed by atoms with Gasteiger partial charge in [-0.15, -0.1) is 0 Å². The maximum absolute atomic E-state index is 13.5. The molecule has 2 rings (SSSR count). The van der Waals surface area contributed by atoms with Crippen LogP contribution in [0.1, 0.15) is 0 Å². The van der Waals surface area contributed by atoms with E-state index in [-0.39, 0.29) is 0 Å². The quantitative estimate of drug-likeness (QED) is 0.579. The molecule has 1 saturated heterocycles. The zero-order valence-corrected chi connectivity index (χ0v) is 9.60. The smallest absolute Gasteiger partial charge is 0.327 e. The second-order valence-corrected chi connectivity index (χ2v) is 4.16. The molecule has 6 heteroatoms. The van der Waals surface area contributed by atoms with Crippen molar-refractivity contribution in [3.8, 4) is 0 Å². The Labute approximate surface area is 98.6 Å². The Morgan fingerprint density at radius 3 is 2.53 bits per heavy atom. The van der Waals surface area contributed by atoms with Gasteiger partial charge in [-0.2, -0.15) is 4.39 Å². The minimum Gasteiger partial charge on any atom is -0.363 e. The van der Waals surface area contributed by atoms with Gasteiger partial charge >= 0.3 is 5.69 Å². The molecule has 0 N–H and O–H groups in total. The van der Waals surface area contributed by atoms with Crippen molar-refractivity contribution in [2.75, 3.05) is 38.1 Å². The van der Waals surface area contributed by atoms with Crippen LogP contribution in [0, 0.1) is 15.9 Å². The molecule has 1 fully saturated rings. The first kappa shape index (κ1) is 11.8. The van der Waals surface area contributed by atoms with Gasteiger partial charge < -0.3 is 9.80 Å². The van der Waals surface area contributed by atoms with Crippen LogP contribution in [0.15, 0.2) is 18.2 Å². The lowest BCUT2D eigenvalue weighted by molar-refractivity contribution is -0.386. The second kappa shape index (κ2) is 4.67. The molecular weight excluding hydrogens is 225 g/mol. The van der Waals surface area contributed by atoms with Crippen LogP contribution in [0.2, 0.25) is 0 Å². The maximum Gasteiger partial charge on any atom is 0.327 e. The Kier molecular flexibility index (Phi) is 3.23. The number of piperazine rings is 1. The van der Waals surface area contributed by atoms with Crippen LogP contribution in [0.25, 0.3) is 0 Å². The number of rotatable bonds is 2. The van der Waals surface area contributed by atoms with E-state index in [4.69, 9.17) is 0 Å². The molecule has 0 bridgehead atoms. The molecule has 0 atom stereocenters. The molecule has 0 radical (unpaired) electrons. The Morgan fingerprint density at radius 2 is 1.94 bits per heavy atom. The third-order valence-corrected chi connectivity index (χ3v) is 2.99. The third kappa shape index (κ3) is 2.36. The summed E-state index contributed by atoms with van der Waals surface area (Å²) < 4.78 is 13.5. The summed E-state index contributed by atoms with van der Waals surface area (Å²) in [6, 6.07) is 4.24. The number of hydrogen-bond donors (Lipinski definition) is 0. The lowest BCUT2D eigenvalue weighted by atomic mass is 10.2. The summed E-state index contributed by atoms with van der Waals surface area (Å²) in [6.07, 6.45) is 0. The molecule has 0 saturated carbocycles. The molecular formula is C11H14FN3O2. The molecule has 17 heavy (non-hydrogen) atoms. The van der Waals surface area contributed by atoms with Crippen molar-refractivity contribution in [3.05, 3.63) is 34.1 Å². The van der Waals surface area contributed by atoms with Crippen molar-refractivity contribution in [1.29, 1.82) is 0 Å². The zero-order valence-electron chi connectivity index (χ0n) is 9.60. The van der Waals surface area contributed by atoms with Crippen LogP contribution in [0.5, 0.6) is 0 Å². The fraction of sp³-hybridized carbons (Fsp3) is 0.455. The molecule has 1 heterocycles. The van der Waals surface area contributed by atoms with E-state index in [0.29, 0.717) is 18.8 Å². The molecule has 1 aromatic carbocycles. The van der Waals surface area contributed by atoms with E-state index >= 15 is 0 Å². The summed E-state index contributed by atoms with van der Waals surface area (Å²) in [4.78, 5) is 14.2. The minimum absolute atomic E-state index is 0.378. The Bertz CT molecular complexity index is 431. The fourth-order valence-corrected chi connectivity index (χ4v) is 1.99. The first-order valence-corrected chi connectivity index (χ1v) is 5.46. The number of nitro groups is 1. The van der Waals surface area contributed by atoms with Crippen molar-refractivity contribution in [1.82, 2.24) is 4.90 Å². The van der Waals surface area contributed by atoms with Crippen molar-refractivity contribution in [3.63, 3.8) is 0 Å². The van der Waals surface area contributed by atoms with E-state index in [2.05, 4.69) is 4.90 Å². The van der Waals surface area contributed by atoms with Gasteiger partial charge in [0.05, 0.1) is 4.92 Å². The monoisotopic (exact) mass is 239 g/mol. The van der Waals surface area contributed by atoms with Gasteiger partial charge in [0.1, 0.15) is 5.69 Å². The first-order chi connectivity index (χ1) is 8.09.